The highest BCUT2D eigenvalue weighted by Crippen LogP contribution is 2.29. The van der Waals surface area contributed by atoms with Crippen molar-refractivity contribution in [1.82, 2.24) is 14.9 Å². The van der Waals surface area contributed by atoms with Crippen LogP contribution in [0.2, 0.25) is 0 Å². The average molecular weight is 240 g/mol. The fourth-order valence-electron chi connectivity index (χ4n) is 2.08. The Balaban J connectivity index is 2.33. The molecule has 0 radical (unpaired) electrons. The minimum absolute atomic E-state index is 0.323. The smallest absolute Gasteiger partial charge is 0.153 e. The number of benzene rings is 1. The highest BCUT2D eigenvalue weighted by molar-refractivity contribution is 5.86. The van der Waals surface area contributed by atoms with Crippen molar-refractivity contribution < 1.29 is 4.52 Å². The van der Waals surface area contributed by atoms with Crippen LogP contribution in [-0.4, -0.2) is 14.9 Å². The molecule has 90 valence electrons. The summed E-state index contributed by atoms with van der Waals surface area (Å²) in [4.78, 5) is 0. The molecule has 0 aliphatic heterocycles. The maximum absolute atomic E-state index is 6.08. The normalized spacial score (nSPS) is 12.7. The van der Waals surface area contributed by atoms with Crippen LogP contribution in [-0.2, 0) is 0 Å². The lowest BCUT2D eigenvalue weighted by atomic mass is 10.2. The molecule has 1 aromatic carbocycles. The molecule has 0 saturated carbocycles. The van der Waals surface area contributed by atoms with Crippen LogP contribution in [0.15, 0.2) is 53.8 Å². The summed E-state index contributed by atoms with van der Waals surface area (Å²) < 4.78 is 6.75. The molecule has 1 atom stereocenters. The van der Waals surface area contributed by atoms with Crippen LogP contribution in [0.4, 0.5) is 0 Å². The molecule has 0 aliphatic carbocycles. The lowest BCUT2D eigenvalue weighted by molar-refractivity contribution is 0.393. The second-order valence-corrected chi connectivity index (χ2v) is 3.97. The highest BCUT2D eigenvalue weighted by atomic mass is 16.5. The molecule has 0 bridgehead atoms. The lowest BCUT2D eigenvalue weighted by Gasteiger charge is -2.13. The number of nitrogens with two attached hydrogens (primary N) is 1. The number of fused-ring (bicyclic) bond motifs is 1. The summed E-state index contributed by atoms with van der Waals surface area (Å²) in [5.41, 5.74) is 8.63. The van der Waals surface area contributed by atoms with Gasteiger partial charge >= 0.3 is 0 Å². The van der Waals surface area contributed by atoms with Crippen LogP contribution in [0, 0.1) is 0 Å². The summed E-state index contributed by atoms with van der Waals surface area (Å²) in [5.74, 6) is 0. The van der Waals surface area contributed by atoms with E-state index in [0.717, 1.165) is 16.6 Å². The molecule has 3 aromatic rings. The van der Waals surface area contributed by atoms with Crippen LogP contribution >= 0.6 is 0 Å². The molecule has 2 aromatic heterocycles. The molecule has 2 N–H and O–H groups in total. The zero-order valence-electron chi connectivity index (χ0n) is 9.65. The quantitative estimate of drug-likeness (QED) is 0.713. The van der Waals surface area contributed by atoms with Crippen molar-refractivity contribution in [2.45, 2.75) is 6.17 Å². The Bertz CT molecular complexity index is 684. The molecular weight excluding hydrogens is 228 g/mol. The molecule has 0 aliphatic rings. The monoisotopic (exact) mass is 240 g/mol. The third-order valence-electron chi connectivity index (χ3n) is 2.91. The summed E-state index contributed by atoms with van der Waals surface area (Å²) in [5, 5.41) is 8.51. The number of rotatable bonds is 3. The number of hydrogen-bond donors (Lipinski definition) is 1. The van der Waals surface area contributed by atoms with Crippen LogP contribution in [0.25, 0.3) is 22.3 Å². The lowest BCUT2D eigenvalue weighted by Crippen LogP contribution is -2.16. The molecule has 5 nitrogen and oxygen atoms in total. The minimum atomic E-state index is -0.323. The topological polar surface area (TPSA) is 69.9 Å². The van der Waals surface area contributed by atoms with Gasteiger partial charge < -0.3 is 14.8 Å². The SMILES string of the molecule is C=CC(N)n1c(-c2conn2)cc2ccccc21. The Morgan fingerprint density at radius 2 is 2.22 bits per heavy atom. The van der Waals surface area contributed by atoms with Crippen LogP contribution in [0.3, 0.4) is 0 Å². The van der Waals surface area contributed by atoms with Gasteiger partial charge in [0.25, 0.3) is 0 Å². The largest absolute Gasteiger partial charge is 0.345 e. The first-order valence-corrected chi connectivity index (χ1v) is 5.57. The molecule has 1 unspecified atom stereocenters. The van der Waals surface area contributed by atoms with Crippen molar-refractivity contribution in [3.63, 3.8) is 0 Å². The van der Waals surface area contributed by atoms with Gasteiger partial charge in [-0.2, -0.15) is 0 Å². The Morgan fingerprint density at radius 1 is 1.39 bits per heavy atom. The van der Waals surface area contributed by atoms with Gasteiger partial charge in [0.05, 0.1) is 11.2 Å². The number of para-hydroxylation sites is 1. The van der Waals surface area contributed by atoms with Gasteiger partial charge in [-0.3, -0.25) is 0 Å². The molecular formula is C13H12N4O. The van der Waals surface area contributed by atoms with Gasteiger partial charge in [-0.15, -0.1) is 5.10 Å². The minimum Gasteiger partial charge on any atom is -0.345 e. The van der Waals surface area contributed by atoms with Crippen LogP contribution in [0.5, 0.6) is 0 Å². The van der Waals surface area contributed by atoms with Crippen molar-refractivity contribution >= 4 is 10.9 Å². The molecule has 0 amide bonds. The first-order valence-electron chi connectivity index (χ1n) is 5.57. The number of hydrogen-bond acceptors (Lipinski definition) is 4. The molecule has 0 spiro atoms. The Labute approximate surface area is 103 Å². The first-order chi connectivity index (χ1) is 8.81. The maximum atomic E-state index is 6.08. The second-order valence-electron chi connectivity index (χ2n) is 3.97. The fourth-order valence-corrected chi connectivity index (χ4v) is 2.08. The molecule has 0 fully saturated rings. The predicted molar refractivity (Wildman–Crippen MR) is 68.7 cm³/mol. The van der Waals surface area contributed by atoms with Gasteiger partial charge in [-0.05, 0) is 12.1 Å². The third-order valence-corrected chi connectivity index (χ3v) is 2.91. The third kappa shape index (κ3) is 1.53. The van der Waals surface area contributed by atoms with E-state index in [4.69, 9.17) is 10.3 Å². The van der Waals surface area contributed by atoms with Gasteiger partial charge in [-0.1, -0.05) is 30.9 Å². The highest BCUT2D eigenvalue weighted by Gasteiger charge is 2.15. The van der Waals surface area contributed by atoms with E-state index < -0.39 is 0 Å². The van der Waals surface area contributed by atoms with Crippen LogP contribution in [0.1, 0.15) is 6.17 Å². The summed E-state index contributed by atoms with van der Waals surface area (Å²) in [7, 11) is 0. The van der Waals surface area contributed by atoms with Crippen molar-refractivity contribution in [1.29, 1.82) is 0 Å². The molecule has 2 heterocycles. The second kappa shape index (κ2) is 4.12. The van der Waals surface area contributed by atoms with Crippen molar-refractivity contribution in [3.05, 3.63) is 49.2 Å². The van der Waals surface area contributed by atoms with E-state index in [1.54, 1.807) is 6.08 Å². The molecule has 0 saturated heterocycles. The summed E-state index contributed by atoms with van der Waals surface area (Å²) in [6, 6.07) is 10.0. The Kier molecular flexibility index (Phi) is 2.46. The van der Waals surface area contributed by atoms with Crippen molar-refractivity contribution in [2.24, 2.45) is 5.73 Å². The van der Waals surface area contributed by atoms with Gasteiger partial charge in [0.1, 0.15) is 6.17 Å². The van der Waals surface area contributed by atoms with E-state index in [2.05, 4.69) is 16.9 Å². The standard InChI is InChI=1S/C13H12N4O/c1-2-13(14)17-11-6-4-3-5-9(11)7-12(17)10-8-18-16-15-10/h2-8,13H,1,14H2. The van der Waals surface area contributed by atoms with Gasteiger partial charge in [0.2, 0.25) is 0 Å². The zero-order valence-corrected chi connectivity index (χ0v) is 9.65. The fraction of sp³-hybridized carbons (Fsp3) is 0.0769. The molecule has 5 heteroatoms. The van der Waals surface area contributed by atoms with Crippen molar-refractivity contribution in [3.8, 4) is 11.4 Å². The van der Waals surface area contributed by atoms with Crippen LogP contribution < -0.4 is 5.73 Å². The maximum Gasteiger partial charge on any atom is 0.153 e. The summed E-state index contributed by atoms with van der Waals surface area (Å²) >= 11 is 0. The molecule has 18 heavy (non-hydrogen) atoms. The van der Waals surface area contributed by atoms with Gasteiger partial charge in [0.15, 0.2) is 12.0 Å². The Morgan fingerprint density at radius 3 is 2.94 bits per heavy atom. The van der Waals surface area contributed by atoms with Gasteiger partial charge in [-0.25, -0.2) is 0 Å². The zero-order chi connectivity index (χ0) is 12.5. The van der Waals surface area contributed by atoms with E-state index in [9.17, 15) is 0 Å². The van der Waals surface area contributed by atoms with E-state index in [0.29, 0.717) is 5.69 Å². The summed E-state index contributed by atoms with van der Waals surface area (Å²) in [6.07, 6.45) is 2.86. The van der Waals surface area contributed by atoms with Crippen molar-refractivity contribution in [2.75, 3.05) is 0 Å². The van der Waals surface area contributed by atoms with Gasteiger partial charge in [0, 0.05) is 10.7 Å². The first kappa shape index (κ1) is 10.7. The predicted octanol–water partition coefficient (Wildman–Crippen LogP) is 2.33. The van der Waals surface area contributed by atoms with E-state index >= 15 is 0 Å². The summed E-state index contributed by atoms with van der Waals surface area (Å²) in [6.45, 7) is 3.74. The number of nitrogens with zero attached hydrogens (tertiary/aromatic N) is 3. The molecule has 3 rings (SSSR count). The van der Waals surface area contributed by atoms with E-state index in [1.807, 2.05) is 34.9 Å². The number of aromatic nitrogens is 3. The Hall–Kier alpha value is -2.40. The average Bonchev–Trinajstić information content (AvgIpc) is 3.04. The van der Waals surface area contributed by atoms with E-state index in [-0.39, 0.29) is 6.17 Å². The van der Waals surface area contributed by atoms with E-state index in [1.165, 1.54) is 6.26 Å².